The number of piperidine rings is 1. The fraction of sp³-hybridized carbons (Fsp3) is 0.588. The zero-order valence-corrected chi connectivity index (χ0v) is 14.5. The standard InChI is InChI=1S/C17H26N2O2S/c1-13(22-3)12-17(20)18-14-8-10-19(11-9-14)15-6-4-5-7-16(15)21-2/h4-7,13-14H,8-12H2,1-3H3,(H,18,20). The minimum Gasteiger partial charge on any atom is -0.495 e. The number of benzene rings is 1. The summed E-state index contributed by atoms with van der Waals surface area (Å²) in [4.78, 5) is 14.3. The number of hydrogen-bond acceptors (Lipinski definition) is 4. The summed E-state index contributed by atoms with van der Waals surface area (Å²) < 4.78 is 5.43. The van der Waals surface area contributed by atoms with Crippen LogP contribution in [-0.2, 0) is 4.79 Å². The number of ether oxygens (including phenoxy) is 1. The molecule has 2 rings (SSSR count). The lowest BCUT2D eigenvalue weighted by Crippen LogP contribution is -2.45. The van der Waals surface area contributed by atoms with Gasteiger partial charge in [0.1, 0.15) is 5.75 Å². The number of amides is 1. The van der Waals surface area contributed by atoms with Gasteiger partial charge in [-0.05, 0) is 31.2 Å². The highest BCUT2D eigenvalue weighted by Crippen LogP contribution is 2.29. The molecule has 1 aromatic rings. The molecule has 0 bridgehead atoms. The van der Waals surface area contributed by atoms with Gasteiger partial charge in [-0.25, -0.2) is 0 Å². The smallest absolute Gasteiger partial charge is 0.221 e. The van der Waals surface area contributed by atoms with Crippen molar-refractivity contribution in [1.29, 1.82) is 0 Å². The Morgan fingerprint density at radius 1 is 1.41 bits per heavy atom. The molecule has 1 unspecified atom stereocenters. The summed E-state index contributed by atoms with van der Waals surface area (Å²) >= 11 is 1.73. The van der Waals surface area contributed by atoms with Crippen LogP contribution in [0.1, 0.15) is 26.2 Å². The van der Waals surface area contributed by atoms with Crippen LogP contribution >= 0.6 is 11.8 Å². The van der Waals surface area contributed by atoms with Crippen LogP contribution in [0.5, 0.6) is 5.75 Å². The number of para-hydroxylation sites is 2. The van der Waals surface area contributed by atoms with Crippen molar-refractivity contribution in [3.8, 4) is 5.75 Å². The molecule has 0 aromatic heterocycles. The maximum atomic E-state index is 12.0. The fourth-order valence-electron chi connectivity index (χ4n) is 2.79. The van der Waals surface area contributed by atoms with Gasteiger partial charge in [0.25, 0.3) is 0 Å². The average Bonchev–Trinajstić information content (AvgIpc) is 2.55. The van der Waals surface area contributed by atoms with Crippen LogP contribution in [-0.4, -0.2) is 43.7 Å². The molecule has 4 nitrogen and oxygen atoms in total. The molecule has 1 atom stereocenters. The molecule has 1 fully saturated rings. The lowest BCUT2D eigenvalue weighted by Gasteiger charge is -2.34. The number of carbonyl (C=O) groups is 1. The summed E-state index contributed by atoms with van der Waals surface area (Å²) in [6.45, 7) is 3.99. The van der Waals surface area contributed by atoms with E-state index in [-0.39, 0.29) is 5.91 Å². The van der Waals surface area contributed by atoms with Crippen LogP contribution in [0.15, 0.2) is 24.3 Å². The number of carbonyl (C=O) groups excluding carboxylic acids is 1. The lowest BCUT2D eigenvalue weighted by molar-refractivity contribution is -0.121. The third kappa shape index (κ3) is 4.57. The van der Waals surface area contributed by atoms with Crippen molar-refractivity contribution in [3.63, 3.8) is 0 Å². The van der Waals surface area contributed by atoms with Gasteiger partial charge >= 0.3 is 0 Å². The van der Waals surface area contributed by atoms with Gasteiger partial charge < -0.3 is 15.0 Å². The topological polar surface area (TPSA) is 41.6 Å². The van der Waals surface area contributed by atoms with Crippen LogP contribution in [0.2, 0.25) is 0 Å². The summed E-state index contributed by atoms with van der Waals surface area (Å²) in [7, 11) is 1.71. The molecule has 1 aliphatic heterocycles. The lowest BCUT2D eigenvalue weighted by atomic mass is 10.0. The van der Waals surface area contributed by atoms with E-state index in [4.69, 9.17) is 4.74 Å². The maximum absolute atomic E-state index is 12.0. The summed E-state index contributed by atoms with van der Waals surface area (Å²) in [6.07, 6.45) is 4.62. The van der Waals surface area contributed by atoms with Gasteiger partial charge in [-0.3, -0.25) is 4.79 Å². The Morgan fingerprint density at radius 3 is 2.73 bits per heavy atom. The minimum atomic E-state index is 0.178. The normalized spacial score (nSPS) is 17.1. The van der Waals surface area contributed by atoms with Crippen LogP contribution in [0.3, 0.4) is 0 Å². The monoisotopic (exact) mass is 322 g/mol. The molecule has 0 spiro atoms. The molecule has 0 radical (unpaired) electrons. The number of hydrogen-bond donors (Lipinski definition) is 1. The molecule has 1 heterocycles. The molecule has 0 aliphatic carbocycles. The largest absolute Gasteiger partial charge is 0.495 e. The zero-order valence-electron chi connectivity index (χ0n) is 13.7. The first kappa shape index (κ1) is 17.0. The molecule has 1 aromatic carbocycles. The van der Waals surface area contributed by atoms with Crippen molar-refractivity contribution in [2.75, 3.05) is 31.4 Å². The van der Waals surface area contributed by atoms with Crippen LogP contribution in [0.4, 0.5) is 5.69 Å². The summed E-state index contributed by atoms with van der Waals surface area (Å²) in [6, 6.07) is 8.41. The zero-order chi connectivity index (χ0) is 15.9. The quantitative estimate of drug-likeness (QED) is 0.874. The van der Waals surface area contributed by atoms with Crippen LogP contribution < -0.4 is 15.0 Å². The second-order valence-electron chi connectivity index (χ2n) is 5.75. The van der Waals surface area contributed by atoms with E-state index in [1.54, 1.807) is 18.9 Å². The van der Waals surface area contributed by atoms with Crippen molar-refractivity contribution in [2.45, 2.75) is 37.5 Å². The highest BCUT2D eigenvalue weighted by atomic mass is 32.2. The van der Waals surface area contributed by atoms with E-state index in [9.17, 15) is 4.79 Å². The van der Waals surface area contributed by atoms with Crippen LogP contribution in [0, 0.1) is 0 Å². The summed E-state index contributed by atoms with van der Waals surface area (Å²) in [5, 5.41) is 3.56. The average molecular weight is 322 g/mol. The second kappa shape index (κ2) is 8.32. The highest BCUT2D eigenvalue weighted by Gasteiger charge is 2.22. The SMILES string of the molecule is COc1ccccc1N1CCC(NC(=O)CC(C)SC)CC1. The van der Waals surface area contributed by atoms with Crippen molar-refractivity contribution in [3.05, 3.63) is 24.3 Å². The van der Waals surface area contributed by atoms with Crippen molar-refractivity contribution >= 4 is 23.4 Å². The van der Waals surface area contributed by atoms with Gasteiger partial charge in [0.2, 0.25) is 5.91 Å². The van der Waals surface area contributed by atoms with E-state index in [0.717, 1.165) is 37.4 Å². The maximum Gasteiger partial charge on any atom is 0.221 e. The molecule has 1 amide bonds. The highest BCUT2D eigenvalue weighted by molar-refractivity contribution is 7.99. The van der Waals surface area contributed by atoms with Crippen molar-refractivity contribution < 1.29 is 9.53 Å². The molecule has 122 valence electrons. The molecule has 5 heteroatoms. The Kier molecular flexibility index (Phi) is 6.43. The molecular formula is C17H26N2O2S. The Labute approximate surface area is 137 Å². The number of methoxy groups -OCH3 is 1. The van der Waals surface area contributed by atoms with E-state index in [1.165, 1.54) is 0 Å². The first-order valence-electron chi connectivity index (χ1n) is 7.84. The van der Waals surface area contributed by atoms with Gasteiger partial charge in [-0.1, -0.05) is 19.1 Å². The molecule has 0 saturated carbocycles. The summed E-state index contributed by atoms with van der Waals surface area (Å²) in [5.74, 6) is 1.09. The molecule has 22 heavy (non-hydrogen) atoms. The Bertz CT molecular complexity index is 487. The molecule has 1 aliphatic rings. The summed E-state index contributed by atoms with van der Waals surface area (Å²) in [5.41, 5.74) is 1.14. The molecule has 1 N–H and O–H groups in total. The first-order chi connectivity index (χ1) is 10.6. The number of anilines is 1. The Morgan fingerprint density at radius 2 is 2.09 bits per heavy atom. The first-order valence-corrected chi connectivity index (χ1v) is 9.13. The third-order valence-electron chi connectivity index (χ3n) is 4.16. The van der Waals surface area contributed by atoms with E-state index in [2.05, 4.69) is 23.2 Å². The van der Waals surface area contributed by atoms with Gasteiger partial charge in [0.05, 0.1) is 12.8 Å². The van der Waals surface area contributed by atoms with E-state index >= 15 is 0 Å². The predicted octanol–water partition coefficient (Wildman–Crippen LogP) is 2.92. The van der Waals surface area contributed by atoms with E-state index in [1.807, 2.05) is 24.5 Å². The van der Waals surface area contributed by atoms with Gasteiger partial charge in [-0.15, -0.1) is 0 Å². The minimum absolute atomic E-state index is 0.178. The van der Waals surface area contributed by atoms with E-state index < -0.39 is 0 Å². The number of nitrogens with one attached hydrogen (secondary N) is 1. The number of rotatable bonds is 6. The number of thioether (sulfide) groups is 1. The van der Waals surface area contributed by atoms with E-state index in [0.29, 0.717) is 17.7 Å². The molecular weight excluding hydrogens is 296 g/mol. The molecule has 1 saturated heterocycles. The third-order valence-corrected chi connectivity index (χ3v) is 5.13. The van der Waals surface area contributed by atoms with Crippen LogP contribution in [0.25, 0.3) is 0 Å². The van der Waals surface area contributed by atoms with Crippen molar-refractivity contribution in [2.24, 2.45) is 0 Å². The number of nitrogens with zero attached hydrogens (tertiary/aromatic N) is 1. The van der Waals surface area contributed by atoms with Gasteiger partial charge in [0, 0.05) is 30.8 Å². The Balaban J connectivity index is 1.84. The van der Waals surface area contributed by atoms with Gasteiger partial charge in [0.15, 0.2) is 0 Å². The van der Waals surface area contributed by atoms with Gasteiger partial charge in [-0.2, -0.15) is 11.8 Å². The fourth-order valence-corrected chi connectivity index (χ4v) is 3.10. The Hall–Kier alpha value is -1.36. The van der Waals surface area contributed by atoms with Crippen molar-refractivity contribution in [1.82, 2.24) is 5.32 Å². The predicted molar refractivity (Wildman–Crippen MR) is 94.0 cm³/mol. The second-order valence-corrected chi connectivity index (χ2v) is 7.03.